The van der Waals surface area contributed by atoms with E-state index in [0.717, 1.165) is 5.56 Å². The lowest BCUT2D eigenvalue weighted by atomic mass is 10.0. The summed E-state index contributed by atoms with van der Waals surface area (Å²) in [7, 11) is 0. The quantitative estimate of drug-likeness (QED) is 0.565. The zero-order valence-corrected chi connectivity index (χ0v) is 7.07. The molecule has 0 bridgehead atoms. The van der Waals surface area contributed by atoms with Gasteiger partial charge in [0.2, 0.25) is 0 Å². The van der Waals surface area contributed by atoms with Gasteiger partial charge in [0, 0.05) is 5.69 Å². The molecule has 3 heteroatoms. The van der Waals surface area contributed by atoms with E-state index >= 15 is 0 Å². The normalized spacial score (nSPS) is 15.6. The minimum atomic E-state index is -0.534. The molecular weight excluding hydrogens is 152 g/mol. The van der Waals surface area contributed by atoms with Gasteiger partial charge < -0.3 is 16.6 Å². The summed E-state index contributed by atoms with van der Waals surface area (Å²) in [6, 6.07) is 6.87. The molecule has 0 heterocycles. The lowest BCUT2D eigenvalue weighted by molar-refractivity contribution is 0.164. The summed E-state index contributed by atoms with van der Waals surface area (Å²) in [5.74, 6) is 0. The molecule has 0 spiro atoms. The van der Waals surface area contributed by atoms with Crippen LogP contribution in [0.2, 0.25) is 0 Å². The van der Waals surface area contributed by atoms with E-state index in [-0.39, 0.29) is 6.04 Å². The summed E-state index contributed by atoms with van der Waals surface area (Å²) in [4.78, 5) is 0. The fourth-order valence-corrected chi connectivity index (χ4v) is 0.997. The van der Waals surface area contributed by atoms with Crippen molar-refractivity contribution in [3.8, 4) is 0 Å². The van der Waals surface area contributed by atoms with Crippen molar-refractivity contribution in [3.05, 3.63) is 29.8 Å². The van der Waals surface area contributed by atoms with Crippen LogP contribution in [0.25, 0.3) is 0 Å². The number of anilines is 1. The van der Waals surface area contributed by atoms with Crippen LogP contribution in [0.4, 0.5) is 5.69 Å². The number of hydrogen-bond donors (Lipinski definition) is 3. The van der Waals surface area contributed by atoms with Crippen LogP contribution in [0.5, 0.6) is 0 Å². The van der Waals surface area contributed by atoms with Crippen LogP contribution in [0, 0.1) is 0 Å². The number of benzene rings is 1. The third-order valence-electron chi connectivity index (χ3n) is 1.84. The monoisotopic (exact) mass is 166 g/mol. The number of nitrogen functional groups attached to an aromatic ring is 1. The van der Waals surface area contributed by atoms with E-state index in [1.54, 1.807) is 19.1 Å². The van der Waals surface area contributed by atoms with Gasteiger partial charge in [0.1, 0.15) is 0 Å². The van der Waals surface area contributed by atoms with Gasteiger partial charge in [0.15, 0.2) is 0 Å². The van der Waals surface area contributed by atoms with Gasteiger partial charge in [-0.05, 0) is 24.6 Å². The fraction of sp³-hybridized carbons (Fsp3) is 0.333. The first-order chi connectivity index (χ1) is 5.61. The molecule has 0 saturated carbocycles. The SMILES string of the molecule is CC(O)C(N)c1ccc(N)cc1. The highest BCUT2D eigenvalue weighted by Gasteiger charge is 2.10. The zero-order valence-electron chi connectivity index (χ0n) is 7.07. The lowest BCUT2D eigenvalue weighted by Gasteiger charge is -2.14. The van der Waals surface area contributed by atoms with Gasteiger partial charge in [-0.3, -0.25) is 0 Å². The Labute approximate surface area is 72.0 Å². The molecule has 0 aliphatic rings. The molecule has 66 valence electrons. The molecule has 1 aromatic carbocycles. The van der Waals surface area contributed by atoms with Crippen molar-refractivity contribution < 1.29 is 5.11 Å². The third kappa shape index (κ3) is 1.96. The van der Waals surface area contributed by atoms with Crippen LogP contribution >= 0.6 is 0 Å². The number of hydrogen-bond acceptors (Lipinski definition) is 3. The number of aliphatic hydroxyl groups is 1. The van der Waals surface area contributed by atoms with Gasteiger partial charge >= 0.3 is 0 Å². The van der Waals surface area contributed by atoms with Crippen LogP contribution < -0.4 is 11.5 Å². The summed E-state index contributed by atoms with van der Waals surface area (Å²) < 4.78 is 0. The molecule has 0 radical (unpaired) electrons. The number of rotatable bonds is 2. The largest absolute Gasteiger partial charge is 0.399 e. The molecule has 1 aromatic rings. The van der Waals surface area contributed by atoms with Gasteiger partial charge in [-0.1, -0.05) is 12.1 Å². The fourth-order valence-electron chi connectivity index (χ4n) is 0.997. The minimum Gasteiger partial charge on any atom is -0.399 e. The number of nitrogens with two attached hydrogens (primary N) is 2. The van der Waals surface area contributed by atoms with E-state index in [0.29, 0.717) is 5.69 Å². The molecule has 0 aliphatic carbocycles. The van der Waals surface area contributed by atoms with Crippen LogP contribution in [0.15, 0.2) is 24.3 Å². The molecule has 0 aliphatic heterocycles. The summed E-state index contributed by atoms with van der Waals surface area (Å²) in [5.41, 5.74) is 12.8. The second-order valence-corrected chi connectivity index (χ2v) is 2.93. The minimum absolute atomic E-state index is 0.328. The standard InChI is InChI=1S/C9H14N2O/c1-6(12)9(11)7-2-4-8(10)5-3-7/h2-6,9,12H,10-11H2,1H3. The predicted molar refractivity (Wildman–Crippen MR) is 49.5 cm³/mol. The highest BCUT2D eigenvalue weighted by atomic mass is 16.3. The first kappa shape index (κ1) is 9.03. The molecule has 1 rings (SSSR count). The molecule has 5 N–H and O–H groups in total. The van der Waals surface area contributed by atoms with Gasteiger partial charge in [0.05, 0.1) is 12.1 Å². The van der Waals surface area contributed by atoms with Gasteiger partial charge in [0.25, 0.3) is 0 Å². The molecule has 2 unspecified atom stereocenters. The number of aliphatic hydroxyl groups excluding tert-OH is 1. The maximum Gasteiger partial charge on any atom is 0.0704 e. The van der Waals surface area contributed by atoms with E-state index in [2.05, 4.69) is 0 Å². The second-order valence-electron chi connectivity index (χ2n) is 2.93. The Bertz CT molecular complexity index is 243. The second kappa shape index (κ2) is 3.56. The Balaban J connectivity index is 2.82. The van der Waals surface area contributed by atoms with Crippen LogP contribution in [0.1, 0.15) is 18.5 Å². The Morgan fingerprint density at radius 3 is 2.17 bits per heavy atom. The van der Waals surface area contributed by atoms with Crippen molar-refractivity contribution in [2.24, 2.45) is 5.73 Å². The Morgan fingerprint density at radius 2 is 1.75 bits per heavy atom. The molecule has 0 amide bonds. The predicted octanol–water partition coefficient (Wildman–Crippen LogP) is 0.649. The molecule has 0 fully saturated rings. The first-order valence-corrected chi connectivity index (χ1v) is 3.90. The van der Waals surface area contributed by atoms with E-state index in [1.165, 1.54) is 0 Å². The molecular formula is C9H14N2O. The maximum atomic E-state index is 9.19. The van der Waals surface area contributed by atoms with Crippen molar-refractivity contribution in [2.75, 3.05) is 5.73 Å². The summed E-state index contributed by atoms with van der Waals surface area (Å²) in [6.45, 7) is 1.67. The molecule has 2 atom stereocenters. The van der Waals surface area contributed by atoms with Crippen molar-refractivity contribution in [1.29, 1.82) is 0 Å². The molecule has 12 heavy (non-hydrogen) atoms. The Morgan fingerprint density at radius 1 is 1.25 bits per heavy atom. The van der Waals surface area contributed by atoms with Crippen molar-refractivity contribution in [2.45, 2.75) is 19.1 Å². The Hall–Kier alpha value is -1.06. The zero-order chi connectivity index (χ0) is 9.14. The third-order valence-corrected chi connectivity index (χ3v) is 1.84. The van der Waals surface area contributed by atoms with Crippen molar-refractivity contribution in [1.82, 2.24) is 0 Å². The van der Waals surface area contributed by atoms with E-state index in [1.807, 2.05) is 12.1 Å². The highest BCUT2D eigenvalue weighted by molar-refractivity contribution is 5.40. The van der Waals surface area contributed by atoms with Crippen LogP contribution in [0.3, 0.4) is 0 Å². The average molecular weight is 166 g/mol. The summed E-state index contributed by atoms with van der Waals surface area (Å²) >= 11 is 0. The van der Waals surface area contributed by atoms with Gasteiger partial charge in [-0.15, -0.1) is 0 Å². The molecule has 3 nitrogen and oxygen atoms in total. The Kier molecular flexibility index (Phi) is 2.68. The van der Waals surface area contributed by atoms with E-state index in [4.69, 9.17) is 11.5 Å². The van der Waals surface area contributed by atoms with Crippen LogP contribution in [-0.4, -0.2) is 11.2 Å². The highest BCUT2D eigenvalue weighted by Crippen LogP contribution is 2.15. The first-order valence-electron chi connectivity index (χ1n) is 3.90. The van der Waals surface area contributed by atoms with Gasteiger partial charge in [-0.2, -0.15) is 0 Å². The van der Waals surface area contributed by atoms with Gasteiger partial charge in [-0.25, -0.2) is 0 Å². The lowest BCUT2D eigenvalue weighted by Crippen LogP contribution is -2.22. The maximum absolute atomic E-state index is 9.19. The van der Waals surface area contributed by atoms with Crippen molar-refractivity contribution >= 4 is 5.69 Å². The van der Waals surface area contributed by atoms with Crippen LogP contribution in [-0.2, 0) is 0 Å². The van der Waals surface area contributed by atoms with E-state index in [9.17, 15) is 5.11 Å². The van der Waals surface area contributed by atoms with E-state index < -0.39 is 6.10 Å². The molecule has 0 aromatic heterocycles. The molecule has 0 saturated heterocycles. The summed E-state index contributed by atoms with van der Waals surface area (Å²) in [5, 5.41) is 9.19. The smallest absolute Gasteiger partial charge is 0.0704 e. The summed E-state index contributed by atoms with van der Waals surface area (Å²) in [6.07, 6.45) is -0.534. The average Bonchev–Trinajstić information content (AvgIpc) is 2.04. The topological polar surface area (TPSA) is 72.3 Å². The van der Waals surface area contributed by atoms with Crippen molar-refractivity contribution in [3.63, 3.8) is 0 Å².